The van der Waals surface area contributed by atoms with Gasteiger partial charge in [-0.05, 0) is 39.3 Å². The van der Waals surface area contributed by atoms with Crippen LogP contribution in [0.3, 0.4) is 0 Å². The SMILES string of the molecule is C[C@@H]1COCc2cc(c3nccn3c2)Nc2cc(N(C)C(=O)OC(C)(C)C)n3ncc(c3n2)C(=O)N1. The first kappa shape index (κ1) is 23.5. The van der Waals surface area contributed by atoms with Crippen molar-refractivity contribution >= 4 is 40.6 Å². The highest BCUT2D eigenvalue weighted by atomic mass is 16.6. The van der Waals surface area contributed by atoms with Crippen LogP contribution in [-0.4, -0.2) is 61.3 Å². The van der Waals surface area contributed by atoms with E-state index in [-0.39, 0.29) is 23.2 Å². The Morgan fingerprint density at radius 1 is 1.28 bits per heavy atom. The largest absolute Gasteiger partial charge is 0.443 e. The lowest BCUT2D eigenvalue weighted by molar-refractivity contribution is 0.0587. The van der Waals surface area contributed by atoms with E-state index in [1.807, 2.05) is 29.8 Å². The number of hydrogen-bond donors (Lipinski definition) is 2. The average molecular weight is 493 g/mol. The molecule has 0 aromatic carbocycles. The van der Waals surface area contributed by atoms with E-state index in [2.05, 4.69) is 25.7 Å². The third kappa shape index (κ3) is 4.54. The summed E-state index contributed by atoms with van der Waals surface area (Å²) >= 11 is 0. The molecule has 0 fully saturated rings. The van der Waals surface area contributed by atoms with Crippen molar-refractivity contribution in [1.82, 2.24) is 29.3 Å². The van der Waals surface area contributed by atoms with Crippen LogP contribution in [0.2, 0.25) is 0 Å². The van der Waals surface area contributed by atoms with Gasteiger partial charge < -0.3 is 24.5 Å². The summed E-state index contributed by atoms with van der Waals surface area (Å²) in [6.45, 7) is 7.91. The number of anilines is 3. The molecule has 0 radical (unpaired) electrons. The van der Waals surface area contributed by atoms with Gasteiger partial charge in [0, 0.05) is 37.7 Å². The molecule has 4 aromatic rings. The standard InChI is InChI=1S/C24H28N8O4/c1-14-12-35-13-15-8-17(21-25-6-7-31(21)11-15)28-18-9-19(30(5)23(34)36-24(2,3)4)32-20(29-18)16(10-26-32)22(33)27-14/h6-11,14H,12-13H2,1-5H3,(H,27,33)(H,28,29)/t14-/m1/s1. The number of hydrogen-bond acceptors (Lipinski definition) is 8. The summed E-state index contributed by atoms with van der Waals surface area (Å²) in [5, 5.41) is 10.6. The van der Waals surface area contributed by atoms with Crippen molar-refractivity contribution < 1.29 is 19.1 Å². The van der Waals surface area contributed by atoms with Crippen molar-refractivity contribution in [2.45, 2.75) is 45.9 Å². The van der Waals surface area contributed by atoms with Gasteiger partial charge in [0.2, 0.25) is 0 Å². The number of imidazole rings is 1. The van der Waals surface area contributed by atoms with Crippen LogP contribution >= 0.6 is 0 Å². The minimum absolute atomic E-state index is 0.253. The molecule has 2 amide bonds. The summed E-state index contributed by atoms with van der Waals surface area (Å²) < 4.78 is 14.7. The van der Waals surface area contributed by atoms with Gasteiger partial charge in [-0.1, -0.05) is 0 Å². The number of carbonyl (C=O) groups excluding carboxylic acids is 2. The van der Waals surface area contributed by atoms with Crippen LogP contribution in [0.1, 0.15) is 43.6 Å². The van der Waals surface area contributed by atoms with Crippen molar-refractivity contribution in [3.8, 4) is 0 Å². The monoisotopic (exact) mass is 492 g/mol. The van der Waals surface area contributed by atoms with Gasteiger partial charge in [0.05, 0.1) is 25.1 Å². The smallest absolute Gasteiger partial charge is 0.415 e. The molecule has 1 aliphatic rings. The number of nitrogens with zero attached hydrogens (tertiary/aromatic N) is 6. The van der Waals surface area contributed by atoms with Gasteiger partial charge >= 0.3 is 6.09 Å². The molecule has 12 heteroatoms. The Kier molecular flexibility index (Phi) is 5.75. The normalized spacial score (nSPS) is 16.5. The molecule has 0 spiro atoms. The molecule has 0 saturated carbocycles. The van der Waals surface area contributed by atoms with Crippen LogP contribution in [0.4, 0.5) is 22.1 Å². The average Bonchev–Trinajstić information content (AvgIpc) is 3.43. The second kappa shape index (κ2) is 8.79. The zero-order valence-electron chi connectivity index (χ0n) is 20.8. The fourth-order valence-corrected chi connectivity index (χ4v) is 3.93. The summed E-state index contributed by atoms with van der Waals surface area (Å²) in [4.78, 5) is 36.5. The van der Waals surface area contributed by atoms with E-state index in [1.165, 1.54) is 15.6 Å². The van der Waals surface area contributed by atoms with E-state index in [0.29, 0.717) is 36.2 Å². The number of rotatable bonds is 1. The van der Waals surface area contributed by atoms with Crippen LogP contribution in [-0.2, 0) is 16.1 Å². The van der Waals surface area contributed by atoms with Crippen LogP contribution in [0.25, 0.3) is 11.3 Å². The van der Waals surface area contributed by atoms with Crippen LogP contribution < -0.4 is 15.5 Å². The predicted molar refractivity (Wildman–Crippen MR) is 133 cm³/mol. The molecule has 0 saturated heterocycles. The van der Waals surface area contributed by atoms with Crippen molar-refractivity contribution in [2.75, 3.05) is 23.9 Å². The lowest BCUT2D eigenvalue weighted by Gasteiger charge is -2.25. The number of nitrogens with one attached hydrogen (secondary N) is 2. The van der Waals surface area contributed by atoms with Gasteiger partial charge in [0.1, 0.15) is 22.8 Å². The maximum absolute atomic E-state index is 13.1. The highest BCUT2D eigenvalue weighted by Crippen LogP contribution is 2.28. The van der Waals surface area contributed by atoms with Gasteiger partial charge in [0.15, 0.2) is 11.3 Å². The van der Waals surface area contributed by atoms with Gasteiger partial charge in [-0.3, -0.25) is 9.69 Å². The quantitative estimate of drug-likeness (QED) is 0.415. The Bertz CT molecular complexity index is 1470. The van der Waals surface area contributed by atoms with Gasteiger partial charge in [-0.25, -0.2) is 14.8 Å². The van der Waals surface area contributed by atoms with Gasteiger partial charge in [0.25, 0.3) is 5.91 Å². The zero-order valence-corrected chi connectivity index (χ0v) is 20.8. The van der Waals surface area contributed by atoms with E-state index < -0.39 is 11.7 Å². The molecule has 2 N–H and O–H groups in total. The lowest BCUT2D eigenvalue weighted by Crippen LogP contribution is -2.36. The second-order valence-corrected chi connectivity index (χ2v) is 9.77. The van der Waals surface area contributed by atoms with E-state index in [0.717, 1.165) is 5.56 Å². The molecule has 5 rings (SSSR count). The molecule has 5 heterocycles. The van der Waals surface area contributed by atoms with Gasteiger partial charge in [-0.15, -0.1) is 0 Å². The number of aromatic nitrogens is 5. The Balaban J connectivity index is 1.68. The van der Waals surface area contributed by atoms with Crippen LogP contribution in [0.5, 0.6) is 0 Å². The molecule has 0 unspecified atom stereocenters. The Hall–Kier alpha value is -4.19. The number of ether oxygens (including phenoxy) is 2. The maximum atomic E-state index is 13.1. The van der Waals surface area contributed by atoms with Crippen molar-refractivity contribution in [3.05, 3.63) is 48.0 Å². The minimum Gasteiger partial charge on any atom is -0.443 e. The molecule has 188 valence electrons. The van der Waals surface area contributed by atoms with E-state index in [1.54, 1.807) is 40.1 Å². The molecule has 36 heavy (non-hydrogen) atoms. The number of amides is 2. The number of pyridine rings is 1. The number of carbonyl (C=O) groups is 2. The Morgan fingerprint density at radius 3 is 2.86 bits per heavy atom. The summed E-state index contributed by atoms with van der Waals surface area (Å²) in [5.41, 5.74) is 2.15. The first-order valence-electron chi connectivity index (χ1n) is 11.6. The summed E-state index contributed by atoms with van der Waals surface area (Å²) in [7, 11) is 1.58. The molecule has 4 aromatic heterocycles. The fraction of sp³-hybridized carbons (Fsp3) is 0.375. The van der Waals surface area contributed by atoms with Gasteiger partial charge in [-0.2, -0.15) is 9.61 Å². The predicted octanol–water partition coefficient (Wildman–Crippen LogP) is 3.14. The maximum Gasteiger partial charge on any atom is 0.415 e. The molecule has 4 bridgehead atoms. The molecular formula is C24H28N8O4. The first-order valence-corrected chi connectivity index (χ1v) is 11.6. The summed E-state index contributed by atoms with van der Waals surface area (Å²) in [6.07, 6.45) is 6.36. The van der Waals surface area contributed by atoms with Crippen LogP contribution in [0.15, 0.2) is 36.9 Å². The molecule has 12 nitrogen and oxygen atoms in total. The summed E-state index contributed by atoms with van der Waals surface area (Å²) in [6, 6.07) is 3.36. The summed E-state index contributed by atoms with van der Waals surface area (Å²) in [5.74, 6) is 0.424. The molecular weight excluding hydrogens is 464 g/mol. The van der Waals surface area contributed by atoms with E-state index in [4.69, 9.17) is 9.47 Å². The van der Waals surface area contributed by atoms with Crippen molar-refractivity contribution in [1.29, 1.82) is 0 Å². The number of fused-ring (bicyclic) bond motifs is 5. The first-order chi connectivity index (χ1) is 17.1. The fourth-order valence-electron chi connectivity index (χ4n) is 3.93. The van der Waals surface area contributed by atoms with E-state index >= 15 is 0 Å². The van der Waals surface area contributed by atoms with E-state index in [9.17, 15) is 9.59 Å². The molecule has 1 atom stereocenters. The molecule has 1 aliphatic heterocycles. The third-order valence-corrected chi connectivity index (χ3v) is 5.53. The highest BCUT2D eigenvalue weighted by molar-refractivity contribution is 6.00. The van der Waals surface area contributed by atoms with Crippen molar-refractivity contribution in [2.24, 2.45) is 0 Å². The Morgan fingerprint density at radius 2 is 2.08 bits per heavy atom. The minimum atomic E-state index is -0.688. The molecule has 0 aliphatic carbocycles. The zero-order chi connectivity index (χ0) is 25.6. The topological polar surface area (TPSA) is 127 Å². The Labute approximate surface area is 207 Å². The van der Waals surface area contributed by atoms with Crippen LogP contribution in [0, 0.1) is 0 Å². The highest BCUT2D eigenvalue weighted by Gasteiger charge is 2.26. The lowest BCUT2D eigenvalue weighted by atomic mass is 10.2. The second-order valence-electron chi connectivity index (χ2n) is 9.77. The third-order valence-electron chi connectivity index (χ3n) is 5.53. The van der Waals surface area contributed by atoms with Crippen molar-refractivity contribution in [3.63, 3.8) is 0 Å².